The third kappa shape index (κ3) is 8.55. The lowest BCUT2D eigenvalue weighted by atomic mass is 9.90. The van der Waals surface area contributed by atoms with E-state index in [1.807, 2.05) is 36.4 Å². The minimum Gasteiger partial charge on any atom is -0.497 e. The molecule has 0 bridgehead atoms. The summed E-state index contributed by atoms with van der Waals surface area (Å²) in [7, 11) is 3.35. The van der Waals surface area contributed by atoms with E-state index in [1.165, 1.54) is 19.3 Å². The van der Waals surface area contributed by atoms with Crippen LogP contribution in [0.4, 0.5) is 0 Å². The van der Waals surface area contributed by atoms with Crippen LogP contribution in [0.3, 0.4) is 0 Å². The van der Waals surface area contributed by atoms with Crippen molar-refractivity contribution >= 4 is 0 Å². The first-order valence-corrected chi connectivity index (χ1v) is 14.5. The molecule has 5 unspecified atom stereocenters. The van der Waals surface area contributed by atoms with Crippen LogP contribution in [0.1, 0.15) is 63.5 Å². The van der Waals surface area contributed by atoms with Crippen molar-refractivity contribution < 1.29 is 28.8 Å². The molecular weight excluding hydrogens is 492 g/mol. The van der Waals surface area contributed by atoms with Gasteiger partial charge in [0, 0.05) is 18.8 Å². The minimum atomic E-state index is -0.686. The number of rotatable bonds is 15. The number of benzene rings is 2. The summed E-state index contributed by atoms with van der Waals surface area (Å²) in [6.07, 6.45) is 9.97. The van der Waals surface area contributed by atoms with Gasteiger partial charge in [0.2, 0.25) is 0 Å². The molecule has 7 atom stereocenters. The number of fused-ring (bicyclic) bond motifs is 1. The van der Waals surface area contributed by atoms with E-state index >= 15 is 0 Å². The van der Waals surface area contributed by atoms with Gasteiger partial charge in [-0.2, -0.15) is 0 Å². The first kappa shape index (κ1) is 29.6. The Hall–Kier alpha value is -2.38. The van der Waals surface area contributed by atoms with Crippen LogP contribution >= 0.6 is 0 Å². The molecule has 1 N–H and O–H groups in total. The Labute approximate surface area is 234 Å². The van der Waals surface area contributed by atoms with Crippen LogP contribution < -0.4 is 9.47 Å². The highest BCUT2D eigenvalue weighted by atomic mass is 16.6. The van der Waals surface area contributed by atoms with Crippen LogP contribution in [0.5, 0.6) is 11.5 Å². The Balaban J connectivity index is 1.44. The lowest BCUT2D eigenvalue weighted by Gasteiger charge is -2.23. The predicted molar refractivity (Wildman–Crippen MR) is 153 cm³/mol. The molecule has 1 heterocycles. The Kier molecular flexibility index (Phi) is 11.3. The molecule has 2 fully saturated rings. The fraction of sp³-hybridized carbons (Fsp3) is 0.576. The maximum absolute atomic E-state index is 10.2. The second-order valence-electron chi connectivity index (χ2n) is 11.1. The van der Waals surface area contributed by atoms with E-state index in [-0.39, 0.29) is 30.1 Å². The molecule has 0 aromatic heterocycles. The van der Waals surface area contributed by atoms with Gasteiger partial charge in [0.15, 0.2) is 6.29 Å². The van der Waals surface area contributed by atoms with Crippen LogP contribution in [0, 0.1) is 17.8 Å². The van der Waals surface area contributed by atoms with Gasteiger partial charge in [-0.15, -0.1) is 0 Å². The van der Waals surface area contributed by atoms with E-state index in [0.29, 0.717) is 25.6 Å². The van der Waals surface area contributed by atoms with Gasteiger partial charge in [0.25, 0.3) is 0 Å². The smallest absolute Gasteiger partial charge is 0.155 e. The number of ether oxygens (including phenoxy) is 5. The van der Waals surface area contributed by atoms with Gasteiger partial charge in [0.1, 0.15) is 11.5 Å². The van der Waals surface area contributed by atoms with Crippen molar-refractivity contribution in [1.29, 1.82) is 0 Å². The molecule has 1 aliphatic carbocycles. The molecule has 0 amide bonds. The molecule has 6 nitrogen and oxygen atoms in total. The van der Waals surface area contributed by atoms with Gasteiger partial charge in [-0.05, 0) is 53.6 Å². The number of aliphatic hydroxyl groups is 1. The second-order valence-corrected chi connectivity index (χ2v) is 11.1. The first-order valence-electron chi connectivity index (χ1n) is 14.5. The summed E-state index contributed by atoms with van der Waals surface area (Å²) >= 11 is 0. The van der Waals surface area contributed by atoms with E-state index in [2.05, 4.69) is 38.1 Å². The van der Waals surface area contributed by atoms with Gasteiger partial charge in [-0.1, -0.05) is 69.5 Å². The molecule has 214 valence electrons. The fourth-order valence-electron chi connectivity index (χ4n) is 5.86. The standard InChI is InChI=1S/C33H46O6/c1-5-6-7-23(2)18-28(37-21-24-8-12-26(35-3)13-9-24)16-17-29-30-19-33(34)39-32(30)20-31(29)38-22-25-10-14-27(36-4)15-11-25/h8-17,23,28-34H,5-7,18-22H2,1-4H3/b17-16+/t23-,28+,29?,30?,31?,32?,33?/m0/s1. The molecule has 0 radical (unpaired) electrons. The molecule has 1 saturated carbocycles. The van der Waals surface area contributed by atoms with Crippen LogP contribution in [-0.4, -0.2) is 43.9 Å². The molecule has 1 aliphatic heterocycles. The first-order chi connectivity index (χ1) is 19.0. The quantitative estimate of drug-likeness (QED) is 0.255. The van der Waals surface area contributed by atoms with E-state index < -0.39 is 6.29 Å². The van der Waals surface area contributed by atoms with Crippen LogP contribution in [0.15, 0.2) is 60.7 Å². The van der Waals surface area contributed by atoms with Crippen molar-refractivity contribution in [1.82, 2.24) is 0 Å². The number of hydrogen-bond acceptors (Lipinski definition) is 6. The van der Waals surface area contributed by atoms with Gasteiger partial charge >= 0.3 is 0 Å². The van der Waals surface area contributed by atoms with Crippen molar-refractivity contribution in [2.75, 3.05) is 14.2 Å². The predicted octanol–water partition coefficient (Wildman–Crippen LogP) is 6.69. The van der Waals surface area contributed by atoms with Gasteiger partial charge < -0.3 is 28.8 Å². The highest BCUT2D eigenvalue weighted by Gasteiger charge is 2.48. The fourth-order valence-corrected chi connectivity index (χ4v) is 5.86. The topological polar surface area (TPSA) is 66.4 Å². The van der Waals surface area contributed by atoms with Crippen molar-refractivity contribution in [2.24, 2.45) is 17.8 Å². The minimum absolute atomic E-state index is 0.00694. The largest absolute Gasteiger partial charge is 0.497 e. The third-order valence-corrected chi connectivity index (χ3v) is 8.15. The van der Waals surface area contributed by atoms with Gasteiger partial charge in [-0.25, -0.2) is 0 Å². The average molecular weight is 539 g/mol. The van der Waals surface area contributed by atoms with E-state index in [0.717, 1.165) is 35.5 Å². The molecule has 2 aromatic rings. The lowest BCUT2D eigenvalue weighted by Crippen LogP contribution is -2.23. The summed E-state index contributed by atoms with van der Waals surface area (Å²) in [5.74, 6) is 2.68. The van der Waals surface area contributed by atoms with Gasteiger partial charge in [0.05, 0.1) is 45.7 Å². The summed E-state index contributed by atoms with van der Waals surface area (Å²) in [5, 5.41) is 10.2. The molecule has 0 spiro atoms. The Bertz CT molecular complexity index is 1000. The third-order valence-electron chi connectivity index (χ3n) is 8.15. The number of unbranched alkanes of at least 4 members (excludes halogenated alkanes) is 1. The number of aliphatic hydroxyl groups excluding tert-OH is 1. The highest BCUT2D eigenvalue weighted by molar-refractivity contribution is 5.27. The average Bonchev–Trinajstić information content (AvgIpc) is 3.48. The van der Waals surface area contributed by atoms with E-state index in [4.69, 9.17) is 23.7 Å². The maximum Gasteiger partial charge on any atom is 0.155 e. The zero-order chi connectivity index (χ0) is 27.6. The zero-order valence-electron chi connectivity index (χ0n) is 24.0. The molecule has 4 rings (SSSR count). The van der Waals surface area contributed by atoms with Crippen LogP contribution in [0.2, 0.25) is 0 Å². The van der Waals surface area contributed by atoms with Crippen molar-refractivity contribution in [3.8, 4) is 11.5 Å². The molecule has 1 saturated heterocycles. The SMILES string of the molecule is CCCC[C@H](C)C[C@@H](/C=C/C1C(OCc2ccc(OC)cc2)CC2OC(O)CC21)OCc1ccc(OC)cc1. The lowest BCUT2D eigenvalue weighted by molar-refractivity contribution is -0.0989. The van der Waals surface area contributed by atoms with Crippen LogP contribution in [0.25, 0.3) is 0 Å². The summed E-state index contributed by atoms with van der Waals surface area (Å²) < 4.78 is 29.4. The Morgan fingerprint density at radius 2 is 1.59 bits per heavy atom. The molecule has 2 aromatic carbocycles. The summed E-state index contributed by atoms with van der Waals surface area (Å²) in [6.45, 7) is 5.65. The summed E-state index contributed by atoms with van der Waals surface area (Å²) in [5.41, 5.74) is 2.24. The highest BCUT2D eigenvalue weighted by Crippen LogP contribution is 2.45. The Morgan fingerprint density at radius 1 is 0.949 bits per heavy atom. The monoisotopic (exact) mass is 538 g/mol. The second kappa shape index (κ2) is 14.8. The molecule has 39 heavy (non-hydrogen) atoms. The molecular formula is C33H46O6. The molecule has 6 heteroatoms. The summed E-state index contributed by atoms with van der Waals surface area (Å²) in [4.78, 5) is 0. The molecule has 2 aliphatic rings. The van der Waals surface area contributed by atoms with Crippen LogP contribution in [-0.2, 0) is 27.4 Å². The Morgan fingerprint density at radius 3 is 2.21 bits per heavy atom. The van der Waals surface area contributed by atoms with E-state index in [9.17, 15) is 5.11 Å². The maximum atomic E-state index is 10.2. The summed E-state index contributed by atoms with van der Waals surface area (Å²) in [6, 6.07) is 16.1. The van der Waals surface area contributed by atoms with Crippen molar-refractivity contribution in [2.45, 2.75) is 90.2 Å². The number of methoxy groups -OCH3 is 2. The normalized spacial score (nSPS) is 26.0. The van der Waals surface area contributed by atoms with Crippen molar-refractivity contribution in [3.63, 3.8) is 0 Å². The zero-order valence-corrected chi connectivity index (χ0v) is 24.0. The van der Waals surface area contributed by atoms with Gasteiger partial charge in [-0.3, -0.25) is 0 Å². The van der Waals surface area contributed by atoms with Crippen molar-refractivity contribution in [3.05, 3.63) is 71.8 Å². The number of hydrogen-bond donors (Lipinski definition) is 1. The van der Waals surface area contributed by atoms with E-state index in [1.54, 1.807) is 14.2 Å².